The zero-order chi connectivity index (χ0) is 28.0. The Morgan fingerprint density at radius 3 is 2.36 bits per heavy atom. The molecule has 204 valence electrons. The normalized spacial score (nSPS) is 13.3. The number of rotatable bonds is 8. The maximum absolute atomic E-state index is 12.1. The summed E-state index contributed by atoms with van der Waals surface area (Å²) >= 11 is 0. The number of benzene rings is 3. The number of nitrogens with two attached hydrogens (primary N) is 1. The van der Waals surface area contributed by atoms with Crippen molar-refractivity contribution in [2.24, 2.45) is 5.73 Å². The molecule has 8 nitrogen and oxygen atoms in total. The highest BCUT2D eigenvalue weighted by atomic mass is 16.5. The summed E-state index contributed by atoms with van der Waals surface area (Å²) in [6, 6.07) is 25.7. The van der Waals surface area contributed by atoms with E-state index in [4.69, 9.17) is 9.84 Å². The first kappa shape index (κ1) is 29.1. The molecule has 1 unspecified atom stereocenters. The Hall–Kier alpha value is -4.43. The molecule has 2 heterocycles. The minimum atomic E-state index is 0.0627. The summed E-state index contributed by atoms with van der Waals surface area (Å²) in [6.07, 6.45) is 4.40. The van der Waals surface area contributed by atoms with Crippen molar-refractivity contribution in [3.8, 4) is 22.8 Å². The van der Waals surface area contributed by atoms with Gasteiger partial charge in [-0.2, -0.15) is 5.10 Å². The van der Waals surface area contributed by atoms with Gasteiger partial charge in [0.1, 0.15) is 29.3 Å². The molecule has 0 saturated heterocycles. The highest BCUT2D eigenvalue weighted by molar-refractivity contribution is 5.92. The van der Waals surface area contributed by atoms with Crippen molar-refractivity contribution in [1.29, 1.82) is 0 Å². The second kappa shape index (κ2) is 15.1. The summed E-state index contributed by atoms with van der Waals surface area (Å²) in [4.78, 5) is 21.5. The number of hydrogen-bond acceptors (Lipinski definition) is 7. The molecule has 0 saturated carbocycles. The number of ether oxygens (including phenoxy) is 1. The van der Waals surface area contributed by atoms with Gasteiger partial charge in [-0.25, -0.2) is 4.68 Å². The maximum atomic E-state index is 12.1. The zero-order valence-electron chi connectivity index (χ0n) is 22.8. The van der Waals surface area contributed by atoms with Gasteiger partial charge in [-0.05, 0) is 74.0 Å². The molecule has 1 aliphatic heterocycles. The molecular weight excluding hydrogens is 490 g/mol. The van der Waals surface area contributed by atoms with Crippen LogP contribution >= 0.6 is 0 Å². The highest BCUT2D eigenvalue weighted by Gasteiger charge is 2.28. The Kier molecular flexibility index (Phi) is 11.3. The predicted molar refractivity (Wildman–Crippen MR) is 158 cm³/mol. The van der Waals surface area contributed by atoms with E-state index in [1.165, 1.54) is 7.05 Å². The molecule has 0 radical (unpaired) electrons. The number of anilines is 2. The van der Waals surface area contributed by atoms with Crippen molar-refractivity contribution in [3.63, 3.8) is 0 Å². The van der Waals surface area contributed by atoms with Gasteiger partial charge in [-0.3, -0.25) is 4.79 Å². The van der Waals surface area contributed by atoms with Gasteiger partial charge in [0.25, 0.3) is 0 Å². The highest BCUT2D eigenvalue weighted by Crippen LogP contribution is 2.37. The van der Waals surface area contributed by atoms with Gasteiger partial charge in [0.2, 0.25) is 0 Å². The van der Waals surface area contributed by atoms with Crippen molar-refractivity contribution in [2.45, 2.75) is 32.2 Å². The molecule has 1 atom stereocenters. The molecule has 5 rings (SSSR count). The van der Waals surface area contributed by atoms with Gasteiger partial charge in [-0.1, -0.05) is 37.3 Å². The van der Waals surface area contributed by atoms with E-state index < -0.39 is 0 Å². The molecule has 0 spiro atoms. The summed E-state index contributed by atoms with van der Waals surface area (Å²) in [5.41, 5.74) is 8.85. The van der Waals surface area contributed by atoms with E-state index in [1.807, 2.05) is 85.4 Å². The molecule has 1 aromatic heterocycles. The van der Waals surface area contributed by atoms with Crippen LogP contribution in [0.2, 0.25) is 0 Å². The lowest BCUT2D eigenvalue weighted by molar-refractivity contribution is -0.107. The minimum Gasteiger partial charge on any atom is -0.457 e. The Morgan fingerprint density at radius 2 is 1.74 bits per heavy atom. The van der Waals surface area contributed by atoms with Crippen LogP contribution in [0.3, 0.4) is 0 Å². The van der Waals surface area contributed by atoms with Gasteiger partial charge >= 0.3 is 0 Å². The standard InChI is InChI=1S/C26H24N4O2.C4H8O.CH5N/c1-27-20-7-5-6-19(16-20)24-14-15-28-26-23(17-31)25(29-30(24)26)18-10-12-22(13-11-18)32-21-8-3-2-4-9-21;1-2-3-4-5;1-2/h2-13,16-17,24,27-28H,14-15H2,1H3;4H,2-3H2,1H3;2H2,1H3. The Morgan fingerprint density at radius 1 is 1.03 bits per heavy atom. The molecular formula is C31H37N5O3. The van der Waals surface area contributed by atoms with Crippen LogP contribution in [-0.2, 0) is 4.79 Å². The van der Waals surface area contributed by atoms with E-state index in [2.05, 4.69) is 28.5 Å². The Balaban J connectivity index is 0.000000542. The second-order valence-electron chi connectivity index (χ2n) is 8.67. The zero-order valence-corrected chi connectivity index (χ0v) is 22.8. The van der Waals surface area contributed by atoms with Crippen LogP contribution in [0.5, 0.6) is 11.5 Å². The first-order valence-electron chi connectivity index (χ1n) is 13.1. The number of carbonyl (C=O) groups excluding carboxylic acids is 2. The van der Waals surface area contributed by atoms with E-state index in [0.29, 0.717) is 17.7 Å². The van der Waals surface area contributed by atoms with Crippen LogP contribution < -0.4 is 21.1 Å². The largest absolute Gasteiger partial charge is 0.457 e. The quantitative estimate of drug-likeness (QED) is 0.235. The third kappa shape index (κ3) is 7.33. The van der Waals surface area contributed by atoms with Gasteiger partial charge in [0.05, 0.1) is 11.6 Å². The molecule has 0 bridgehead atoms. The number of aldehydes is 2. The summed E-state index contributed by atoms with van der Waals surface area (Å²) in [5, 5.41) is 11.4. The Labute approximate surface area is 230 Å². The predicted octanol–water partition coefficient (Wildman–Crippen LogP) is 6.16. The summed E-state index contributed by atoms with van der Waals surface area (Å²) < 4.78 is 7.84. The second-order valence-corrected chi connectivity index (χ2v) is 8.67. The number of carbonyl (C=O) groups is 2. The summed E-state index contributed by atoms with van der Waals surface area (Å²) in [6.45, 7) is 2.76. The van der Waals surface area contributed by atoms with Crippen molar-refractivity contribution in [3.05, 3.63) is 90.0 Å². The van der Waals surface area contributed by atoms with E-state index in [-0.39, 0.29) is 6.04 Å². The number of aromatic nitrogens is 2. The number of hydrogen-bond donors (Lipinski definition) is 3. The summed E-state index contributed by atoms with van der Waals surface area (Å²) in [7, 11) is 3.41. The topological polar surface area (TPSA) is 111 Å². The first-order valence-corrected chi connectivity index (χ1v) is 13.1. The molecule has 0 amide bonds. The van der Waals surface area contributed by atoms with Crippen LogP contribution in [0.15, 0.2) is 78.9 Å². The van der Waals surface area contributed by atoms with Gasteiger partial charge < -0.3 is 25.9 Å². The first-order chi connectivity index (χ1) is 19.2. The van der Waals surface area contributed by atoms with E-state index in [9.17, 15) is 9.59 Å². The smallest absolute Gasteiger partial charge is 0.156 e. The van der Waals surface area contributed by atoms with Gasteiger partial charge in [0, 0.05) is 31.3 Å². The molecule has 0 aliphatic carbocycles. The van der Waals surface area contributed by atoms with Crippen molar-refractivity contribution >= 4 is 24.1 Å². The maximum Gasteiger partial charge on any atom is 0.156 e. The third-order valence-corrected chi connectivity index (χ3v) is 6.14. The fourth-order valence-electron chi connectivity index (χ4n) is 4.26. The number of fused-ring (bicyclic) bond motifs is 1. The molecule has 1 aliphatic rings. The van der Waals surface area contributed by atoms with Crippen LogP contribution in [-0.4, -0.2) is 43.0 Å². The van der Waals surface area contributed by atoms with E-state index >= 15 is 0 Å². The fourth-order valence-corrected chi connectivity index (χ4v) is 4.26. The SMILES string of the molecule is CCCC=O.CN.CNc1cccc(C2CCNc3c(C=O)c(-c4ccc(Oc5ccccc5)cc4)nn32)c1. The fraction of sp³-hybridized carbons (Fsp3) is 0.258. The number of para-hydroxylation sites is 1. The monoisotopic (exact) mass is 527 g/mol. The van der Waals surface area contributed by atoms with Gasteiger partial charge in [-0.15, -0.1) is 0 Å². The third-order valence-electron chi connectivity index (χ3n) is 6.14. The average Bonchev–Trinajstić information content (AvgIpc) is 3.39. The molecule has 39 heavy (non-hydrogen) atoms. The van der Waals surface area contributed by atoms with Crippen molar-refractivity contribution in [1.82, 2.24) is 9.78 Å². The van der Waals surface area contributed by atoms with Gasteiger partial charge in [0.15, 0.2) is 6.29 Å². The average molecular weight is 528 g/mol. The van der Waals surface area contributed by atoms with Crippen molar-refractivity contribution in [2.75, 3.05) is 31.3 Å². The summed E-state index contributed by atoms with van der Waals surface area (Å²) in [5.74, 6) is 2.28. The van der Waals surface area contributed by atoms with Crippen LogP contribution in [0.25, 0.3) is 11.3 Å². The lowest BCUT2D eigenvalue weighted by Crippen LogP contribution is -2.24. The minimum absolute atomic E-state index is 0.0627. The number of nitrogens with one attached hydrogen (secondary N) is 2. The van der Waals surface area contributed by atoms with Crippen LogP contribution in [0, 0.1) is 0 Å². The number of unbranched alkanes of at least 4 members (excludes halogenated alkanes) is 1. The lowest BCUT2D eigenvalue weighted by atomic mass is 10.0. The molecule has 4 aromatic rings. The molecule has 3 aromatic carbocycles. The van der Waals surface area contributed by atoms with Crippen LogP contribution in [0.4, 0.5) is 11.5 Å². The lowest BCUT2D eigenvalue weighted by Gasteiger charge is -2.26. The van der Waals surface area contributed by atoms with Crippen LogP contribution in [0.1, 0.15) is 48.1 Å². The number of nitrogens with zero attached hydrogens (tertiary/aromatic N) is 2. The van der Waals surface area contributed by atoms with E-state index in [0.717, 1.165) is 66.1 Å². The van der Waals surface area contributed by atoms with Crippen molar-refractivity contribution < 1.29 is 14.3 Å². The Bertz CT molecular complexity index is 1320. The van der Waals surface area contributed by atoms with E-state index in [1.54, 1.807) is 0 Å². The molecule has 8 heteroatoms. The molecule has 0 fully saturated rings. The molecule has 4 N–H and O–H groups in total.